The van der Waals surface area contributed by atoms with Crippen molar-refractivity contribution in [2.75, 3.05) is 39.9 Å². The Kier molecular flexibility index (Phi) is 6.46. The molecule has 0 spiro atoms. The van der Waals surface area contributed by atoms with E-state index in [1.807, 2.05) is 0 Å². The summed E-state index contributed by atoms with van der Waals surface area (Å²) >= 11 is 0. The molecule has 2 aliphatic rings. The van der Waals surface area contributed by atoms with Gasteiger partial charge in [-0.15, -0.1) is 0 Å². The van der Waals surface area contributed by atoms with Crippen LogP contribution in [-0.2, 0) is 4.74 Å². The average Bonchev–Trinajstić information content (AvgIpc) is 3.20. The van der Waals surface area contributed by atoms with Gasteiger partial charge in [0.2, 0.25) is 0 Å². The van der Waals surface area contributed by atoms with Crippen molar-refractivity contribution in [1.82, 2.24) is 10.2 Å². The summed E-state index contributed by atoms with van der Waals surface area (Å²) in [6, 6.07) is 0.790. The highest BCUT2D eigenvalue weighted by Gasteiger charge is 2.20. The van der Waals surface area contributed by atoms with Crippen molar-refractivity contribution in [2.24, 2.45) is 5.92 Å². The van der Waals surface area contributed by atoms with Gasteiger partial charge in [-0.25, -0.2) is 0 Å². The van der Waals surface area contributed by atoms with E-state index < -0.39 is 0 Å². The highest BCUT2D eigenvalue weighted by molar-refractivity contribution is 4.73. The van der Waals surface area contributed by atoms with E-state index in [1.54, 1.807) is 0 Å². The highest BCUT2D eigenvalue weighted by atomic mass is 16.5. The molecule has 0 radical (unpaired) electrons. The Hall–Kier alpha value is -0.120. The second-order valence-corrected chi connectivity index (χ2v) is 6.11. The maximum absolute atomic E-state index is 5.67. The molecule has 0 aromatic rings. The van der Waals surface area contributed by atoms with E-state index >= 15 is 0 Å². The number of rotatable bonds is 9. The molecule has 3 nitrogen and oxygen atoms in total. The third-order valence-electron chi connectivity index (χ3n) is 4.17. The van der Waals surface area contributed by atoms with Crippen LogP contribution in [0.2, 0.25) is 0 Å². The van der Waals surface area contributed by atoms with Gasteiger partial charge < -0.3 is 15.0 Å². The van der Waals surface area contributed by atoms with Crippen molar-refractivity contribution in [3.05, 3.63) is 0 Å². The summed E-state index contributed by atoms with van der Waals surface area (Å²) in [5.74, 6) is 0.896. The van der Waals surface area contributed by atoms with Crippen LogP contribution >= 0.6 is 0 Å². The summed E-state index contributed by atoms with van der Waals surface area (Å²) < 4.78 is 5.67. The lowest BCUT2D eigenvalue weighted by atomic mass is 10.0. The maximum atomic E-state index is 5.67. The van der Waals surface area contributed by atoms with Gasteiger partial charge in [-0.2, -0.15) is 0 Å². The lowest BCUT2D eigenvalue weighted by Gasteiger charge is -2.24. The minimum absolute atomic E-state index is 0.790. The van der Waals surface area contributed by atoms with E-state index in [1.165, 1.54) is 58.0 Å². The molecule has 1 atom stereocenters. The molecule has 1 aliphatic carbocycles. The van der Waals surface area contributed by atoms with Gasteiger partial charge in [-0.3, -0.25) is 0 Å². The quantitative estimate of drug-likeness (QED) is 0.639. The number of nitrogens with one attached hydrogen (secondary N) is 1. The Labute approximate surface area is 112 Å². The summed E-state index contributed by atoms with van der Waals surface area (Å²) in [6.07, 6.45) is 9.62. The van der Waals surface area contributed by atoms with Crippen LogP contribution in [0.15, 0.2) is 0 Å². The van der Waals surface area contributed by atoms with Gasteiger partial charge in [0.15, 0.2) is 0 Å². The third kappa shape index (κ3) is 6.17. The van der Waals surface area contributed by atoms with Crippen LogP contribution in [0.5, 0.6) is 0 Å². The molecule has 0 aromatic carbocycles. The molecule has 2 rings (SSSR count). The topological polar surface area (TPSA) is 24.5 Å². The number of hydrogen-bond acceptors (Lipinski definition) is 3. The van der Waals surface area contributed by atoms with Crippen LogP contribution < -0.4 is 5.32 Å². The Bertz CT molecular complexity index is 213. The second kappa shape index (κ2) is 8.13. The molecule has 1 heterocycles. The molecular weight excluding hydrogens is 224 g/mol. The Balaban J connectivity index is 1.39. The molecule has 1 saturated heterocycles. The van der Waals surface area contributed by atoms with E-state index in [0.29, 0.717) is 0 Å². The summed E-state index contributed by atoms with van der Waals surface area (Å²) in [5.41, 5.74) is 0. The zero-order valence-electron chi connectivity index (χ0n) is 12.0. The molecule has 3 heteroatoms. The van der Waals surface area contributed by atoms with E-state index in [4.69, 9.17) is 4.74 Å². The Morgan fingerprint density at radius 3 is 2.78 bits per heavy atom. The number of hydrogen-bond donors (Lipinski definition) is 1. The maximum Gasteiger partial charge on any atom is 0.0593 e. The Morgan fingerprint density at radius 1 is 1.17 bits per heavy atom. The largest absolute Gasteiger partial charge is 0.380 e. The molecule has 18 heavy (non-hydrogen) atoms. The zero-order chi connectivity index (χ0) is 12.6. The predicted octanol–water partition coefficient (Wildman–Crippen LogP) is 2.27. The van der Waals surface area contributed by atoms with Crippen LogP contribution in [0.4, 0.5) is 0 Å². The van der Waals surface area contributed by atoms with Crippen molar-refractivity contribution in [3.8, 4) is 0 Å². The number of piperidine rings is 1. The predicted molar refractivity (Wildman–Crippen MR) is 75.9 cm³/mol. The lowest BCUT2D eigenvalue weighted by molar-refractivity contribution is 0.103. The van der Waals surface area contributed by atoms with Crippen LogP contribution in [0, 0.1) is 5.92 Å². The first-order valence-corrected chi connectivity index (χ1v) is 7.84. The minimum atomic E-state index is 0.790. The van der Waals surface area contributed by atoms with Crippen LogP contribution in [-0.4, -0.2) is 50.8 Å². The molecule has 1 aliphatic heterocycles. The van der Waals surface area contributed by atoms with Gasteiger partial charge in [0.1, 0.15) is 0 Å². The summed E-state index contributed by atoms with van der Waals surface area (Å²) in [7, 11) is 2.22. The van der Waals surface area contributed by atoms with Crippen molar-refractivity contribution < 1.29 is 4.74 Å². The average molecular weight is 254 g/mol. The standard InChI is InChI=1S/C15H30N2O/c1-17(11-12-18-13-14-7-8-14)10-4-6-15-5-2-3-9-16-15/h14-16H,2-13H2,1H3. The summed E-state index contributed by atoms with van der Waals surface area (Å²) in [5, 5.41) is 3.62. The molecule has 0 bridgehead atoms. The molecule has 0 aromatic heterocycles. The SMILES string of the molecule is CN(CCCC1CCCCN1)CCOCC1CC1. The molecule has 106 valence electrons. The van der Waals surface area contributed by atoms with Gasteiger partial charge in [0.05, 0.1) is 6.61 Å². The first-order chi connectivity index (χ1) is 8.84. The zero-order valence-corrected chi connectivity index (χ0v) is 12.0. The van der Waals surface area contributed by atoms with Crippen molar-refractivity contribution >= 4 is 0 Å². The monoisotopic (exact) mass is 254 g/mol. The smallest absolute Gasteiger partial charge is 0.0593 e. The van der Waals surface area contributed by atoms with Crippen LogP contribution in [0.1, 0.15) is 44.9 Å². The second-order valence-electron chi connectivity index (χ2n) is 6.11. The van der Waals surface area contributed by atoms with Gasteiger partial charge in [-0.05, 0) is 64.6 Å². The molecule has 1 saturated carbocycles. The van der Waals surface area contributed by atoms with Crippen LogP contribution in [0.3, 0.4) is 0 Å². The highest BCUT2D eigenvalue weighted by Crippen LogP contribution is 2.28. The number of ether oxygens (including phenoxy) is 1. The van der Waals surface area contributed by atoms with E-state index in [9.17, 15) is 0 Å². The van der Waals surface area contributed by atoms with Crippen molar-refractivity contribution in [3.63, 3.8) is 0 Å². The number of nitrogens with zero attached hydrogens (tertiary/aromatic N) is 1. The summed E-state index contributed by atoms with van der Waals surface area (Å²) in [4.78, 5) is 2.41. The van der Waals surface area contributed by atoms with Gasteiger partial charge >= 0.3 is 0 Å². The third-order valence-corrected chi connectivity index (χ3v) is 4.17. The van der Waals surface area contributed by atoms with Gasteiger partial charge in [-0.1, -0.05) is 6.42 Å². The van der Waals surface area contributed by atoms with Crippen LogP contribution in [0.25, 0.3) is 0 Å². The molecular formula is C15H30N2O. The van der Waals surface area contributed by atoms with E-state index in [2.05, 4.69) is 17.3 Å². The van der Waals surface area contributed by atoms with Gasteiger partial charge in [0.25, 0.3) is 0 Å². The normalized spacial score (nSPS) is 24.7. The fraction of sp³-hybridized carbons (Fsp3) is 1.00. The van der Waals surface area contributed by atoms with Crippen molar-refractivity contribution in [1.29, 1.82) is 0 Å². The molecule has 1 N–H and O–H groups in total. The lowest BCUT2D eigenvalue weighted by Crippen LogP contribution is -2.34. The summed E-state index contributed by atoms with van der Waals surface area (Å²) in [6.45, 7) is 5.44. The molecule has 1 unspecified atom stereocenters. The Morgan fingerprint density at radius 2 is 2.06 bits per heavy atom. The number of likely N-dealkylation sites (N-methyl/N-ethyl adjacent to an activating group) is 1. The molecule has 2 fully saturated rings. The molecule has 0 amide bonds. The first-order valence-electron chi connectivity index (χ1n) is 7.84. The fourth-order valence-corrected chi connectivity index (χ4v) is 2.64. The van der Waals surface area contributed by atoms with Crippen molar-refractivity contribution in [2.45, 2.75) is 51.0 Å². The minimum Gasteiger partial charge on any atom is -0.380 e. The van der Waals surface area contributed by atoms with E-state index in [-0.39, 0.29) is 0 Å². The van der Waals surface area contributed by atoms with E-state index in [0.717, 1.165) is 31.7 Å². The first kappa shape index (κ1) is 14.3. The van der Waals surface area contributed by atoms with Gasteiger partial charge in [0, 0.05) is 19.2 Å². The fourth-order valence-electron chi connectivity index (χ4n) is 2.64.